The Hall–Kier alpha value is -1.66. The second-order valence-electron chi connectivity index (χ2n) is 4.10. The van der Waals surface area contributed by atoms with E-state index in [1.165, 1.54) is 4.68 Å². The smallest absolute Gasteiger partial charge is 0.282 e. The van der Waals surface area contributed by atoms with Gasteiger partial charge in [-0.05, 0) is 5.92 Å². The summed E-state index contributed by atoms with van der Waals surface area (Å²) >= 11 is 0. The Labute approximate surface area is 90.6 Å². The van der Waals surface area contributed by atoms with E-state index in [2.05, 4.69) is 15.3 Å². The standard InChI is InChI=1S/C9H13F2N5/c1-4(2)3-16-9-5(8(12)13-14-9)6(15-16)7(10)11/h4,7H,3H2,1-2H3,(H3,12,13,14). The van der Waals surface area contributed by atoms with E-state index in [0.29, 0.717) is 18.1 Å². The Morgan fingerprint density at radius 3 is 2.69 bits per heavy atom. The zero-order valence-corrected chi connectivity index (χ0v) is 9.04. The van der Waals surface area contributed by atoms with Crippen LogP contribution in [0.25, 0.3) is 11.0 Å². The zero-order valence-electron chi connectivity index (χ0n) is 9.04. The fraction of sp³-hybridized carbons (Fsp3) is 0.556. The molecule has 7 heteroatoms. The van der Waals surface area contributed by atoms with Crippen LogP contribution in [0.5, 0.6) is 0 Å². The lowest BCUT2D eigenvalue weighted by Crippen LogP contribution is -2.07. The largest absolute Gasteiger partial charge is 0.383 e. The van der Waals surface area contributed by atoms with Gasteiger partial charge in [0, 0.05) is 6.54 Å². The Morgan fingerprint density at radius 1 is 1.44 bits per heavy atom. The molecule has 0 aromatic carbocycles. The van der Waals surface area contributed by atoms with E-state index >= 15 is 0 Å². The number of rotatable bonds is 3. The van der Waals surface area contributed by atoms with E-state index in [0.717, 1.165) is 0 Å². The van der Waals surface area contributed by atoms with Gasteiger partial charge in [0.2, 0.25) is 0 Å². The van der Waals surface area contributed by atoms with Crippen LogP contribution in [0.15, 0.2) is 0 Å². The van der Waals surface area contributed by atoms with Crippen LogP contribution in [0.2, 0.25) is 0 Å². The van der Waals surface area contributed by atoms with Gasteiger partial charge in [-0.15, -0.1) is 0 Å². The molecule has 5 nitrogen and oxygen atoms in total. The van der Waals surface area contributed by atoms with Crippen molar-refractivity contribution in [3.8, 4) is 0 Å². The molecule has 0 spiro atoms. The van der Waals surface area contributed by atoms with Crippen LogP contribution in [-0.4, -0.2) is 20.0 Å². The molecule has 0 atom stereocenters. The minimum Gasteiger partial charge on any atom is -0.383 e. The van der Waals surface area contributed by atoms with Crippen molar-refractivity contribution in [3.63, 3.8) is 0 Å². The van der Waals surface area contributed by atoms with Crippen molar-refractivity contribution in [2.24, 2.45) is 5.92 Å². The number of nitrogen functional groups attached to an aromatic ring is 1. The second-order valence-corrected chi connectivity index (χ2v) is 4.10. The number of nitrogens with one attached hydrogen (secondary N) is 1. The van der Waals surface area contributed by atoms with Crippen LogP contribution in [0.1, 0.15) is 26.0 Å². The molecule has 0 fully saturated rings. The van der Waals surface area contributed by atoms with Gasteiger partial charge in [0.25, 0.3) is 6.43 Å². The summed E-state index contributed by atoms with van der Waals surface area (Å²) in [5.41, 5.74) is 5.64. The van der Waals surface area contributed by atoms with Gasteiger partial charge < -0.3 is 5.73 Å². The van der Waals surface area contributed by atoms with E-state index in [1.807, 2.05) is 13.8 Å². The highest BCUT2D eigenvalue weighted by Crippen LogP contribution is 2.29. The van der Waals surface area contributed by atoms with E-state index < -0.39 is 6.43 Å². The first-order valence-electron chi connectivity index (χ1n) is 4.99. The molecule has 88 valence electrons. The number of hydrogen-bond donors (Lipinski definition) is 2. The summed E-state index contributed by atoms with van der Waals surface area (Å²) in [4.78, 5) is 0. The summed E-state index contributed by atoms with van der Waals surface area (Å²) in [6.07, 6.45) is -2.64. The van der Waals surface area contributed by atoms with Crippen molar-refractivity contribution in [3.05, 3.63) is 5.69 Å². The van der Waals surface area contributed by atoms with Crippen LogP contribution >= 0.6 is 0 Å². The van der Waals surface area contributed by atoms with E-state index in [4.69, 9.17) is 5.73 Å². The molecule has 2 aromatic heterocycles. The summed E-state index contributed by atoms with van der Waals surface area (Å²) in [6, 6.07) is 0. The number of alkyl halides is 2. The fourth-order valence-corrected chi connectivity index (χ4v) is 1.64. The third-order valence-electron chi connectivity index (χ3n) is 2.25. The van der Waals surface area contributed by atoms with Crippen LogP contribution in [-0.2, 0) is 6.54 Å². The monoisotopic (exact) mass is 229 g/mol. The molecule has 0 unspecified atom stereocenters. The predicted molar refractivity (Wildman–Crippen MR) is 56.1 cm³/mol. The van der Waals surface area contributed by atoms with Crippen molar-refractivity contribution >= 4 is 16.9 Å². The zero-order chi connectivity index (χ0) is 11.9. The van der Waals surface area contributed by atoms with Crippen molar-refractivity contribution in [1.29, 1.82) is 0 Å². The average molecular weight is 229 g/mol. The summed E-state index contributed by atoms with van der Waals surface area (Å²) in [5, 5.41) is 10.5. The molecule has 0 radical (unpaired) electrons. The fourth-order valence-electron chi connectivity index (χ4n) is 1.64. The normalized spacial score (nSPS) is 12.1. The number of aromatic nitrogens is 4. The SMILES string of the molecule is CC(C)Cn1nc(C(F)F)c2c(N)[nH]nc21. The average Bonchev–Trinajstić information content (AvgIpc) is 2.68. The highest BCUT2D eigenvalue weighted by Gasteiger charge is 2.23. The number of H-pyrrole nitrogens is 1. The lowest BCUT2D eigenvalue weighted by molar-refractivity contribution is 0.146. The molecule has 0 saturated heterocycles. The molecule has 0 bridgehead atoms. The lowest BCUT2D eigenvalue weighted by atomic mass is 10.2. The summed E-state index contributed by atoms with van der Waals surface area (Å²) in [6.45, 7) is 4.49. The van der Waals surface area contributed by atoms with Gasteiger partial charge in [0.1, 0.15) is 11.5 Å². The molecular weight excluding hydrogens is 216 g/mol. The number of anilines is 1. The van der Waals surface area contributed by atoms with Gasteiger partial charge in [0.05, 0.1) is 5.39 Å². The first-order valence-corrected chi connectivity index (χ1v) is 4.99. The van der Waals surface area contributed by atoms with Crippen molar-refractivity contribution in [1.82, 2.24) is 20.0 Å². The Balaban J connectivity index is 2.59. The van der Waals surface area contributed by atoms with Gasteiger partial charge in [-0.1, -0.05) is 13.8 Å². The maximum absolute atomic E-state index is 12.7. The highest BCUT2D eigenvalue weighted by molar-refractivity contribution is 5.89. The third-order valence-corrected chi connectivity index (χ3v) is 2.25. The number of nitrogens with two attached hydrogens (primary N) is 1. The molecule has 0 amide bonds. The quantitative estimate of drug-likeness (QED) is 0.844. The van der Waals surface area contributed by atoms with Crippen LogP contribution in [0.4, 0.5) is 14.6 Å². The summed E-state index contributed by atoms with van der Waals surface area (Å²) in [7, 11) is 0. The van der Waals surface area contributed by atoms with E-state index in [1.54, 1.807) is 0 Å². The number of aromatic amines is 1. The molecule has 2 rings (SSSR count). The van der Waals surface area contributed by atoms with Crippen molar-refractivity contribution < 1.29 is 8.78 Å². The molecule has 16 heavy (non-hydrogen) atoms. The van der Waals surface area contributed by atoms with E-state index in [-0.39, 0.29) is 16.9 Å². The van der Waals surface area contributed by atoms with Gasteiger partial charge in [0.15, 0.2) is 5.65 Å². The highest BCUT2D eigenvalue weighted by atomic mass is 19.3. The Kier molecular flexibility index (Phi) is 2.53. The van der Waals surface area contributed by atoms with Gasteiger partial charge in [-0.2, -0.15) is 10.2 Å². The van der Waals surface area contributed by atoms with Crippen LogP contribution < -0.4 is 5.73 Å². The Morgan fingerprint density at radius 2 is 2.12 bits per heavy atom. The molecule has 0 aliphatic heterocycles. The Bertz CT molecular complexity index is 499. The molecule has 2 heterocycles. The molecule has 3 N–H and O–H groups in total. The topological polar surface area (TPSA) is 72.5 Å². The van der Waals surface area contributed by atoms with Crippen molar-refractivity contribution in [2.75, 3.05) is 5.73 Å². The second kappa shape index (κ2) is 3.73. The van der Waals surface area contributed by atoms with Crippen LogP contribution in [0.3, 0.4) is 0 Å². The predicted octanol–water partition coefficient (Wildman–Crippen LogP) is 1.94. The van der Waals surface area contributed by atoms with Gasteiger partial charge in [-0.25, -0.2) is 13.5 Å². The number of halogens is 2. The maximum Gasteiger partial charge on any atom is 0.282 e. The third kappa shape index (κ3) is 1.62. The van der Waals surface area contributed by atoms with Crippen LogP contribution in [0, 0.1) is 5.92 Å². The molecule has 0 saturated carbocycles. The van der Waals surface area contributed by atoms with E-state index in [9.17, 15) is 8.78 Å². The van der Waals surface area contributed by atoms with Crippen molar-refractivity contribution in [2.45, 2.75) is 26.8 Å². The molecule has 0 aliphatic rings. The maximum atomic E-state index is 12.7. The molecule has 0 aliphatic carbocycles. The molecule has 2 aromatic rings. The number of hydrogen-bond acceptors (Lipinski definition) is 3. The summed E-state index contributed by atoms with van der Waals surface area (Å²) < 4.78 is 26.9. The summed E-state index contributed by atoms with van der Waals surface area (Å²) in [5.74, 6) is 0.437. The minimum absolute atomic E-state index is 0.139. The van der Waals surface area contributed by atoms with Gasteiger partial charge >= 0.3 is 0 Å². The minimum atomic E-state index is -2.64. The molecular formula is C9H13F2N5. The number of nitrogens with zero attached hydrogens (tertiary/aromatic N) is 3. The number of fused-ring (bicyclic) bond motifs is 1. The first-order chi connectivity index (χ1) is 7.50. The first kappa shape index (κ1) is 10.8. The lowest BCUT2D eigenvalue weighted by Gasteiger charge is -2.04. The van der Waals surface area contributed by atoms with Gasteiger partial charge in [-0.3, -0.25) is 5.10 Å².